The van der Waals surface area contributed by atoms with Crippen molar-refractivity contribution in [3.63, 3.8) is 0 Å². The van der Waals surface area contributed by atoms with E-state index in [0.29, 0.717) is 6.54 Å². The summed E-state index contributed by atoms with van der Waals surface area (Å²) in [6, 6.07) is 5.78. The first kappa shape index (κ1) is 17.2. The van der Waals surface area contributed by atoms with Crippen LogP contribution in [-0.4, -0.2) is 37.3 Å². The molecule has 0 spiro atoms. The van der Waals surface area contributed by atoms with Gasteiger partial charge >= 0.3 is 0 Å². The number of carbonyl (C=O) groups excluding carboxylic acids is 1. The highest BCUT2D eigenvalue weighted by Gasteiger charge is 2.32. The van der Waals surface area contributed by atoms with Crippen molar-refractivity contribution in [2.24, 2.45) is 5.41 Å². The maximum absolute atomic E-state index is 13.0. The van der Waals surface area contributed by atoms with Crippen LogP contribution >= 0.6 is 11.3 Å². The first-order valence-electron chi connectivity index (χ1n) is 8.26. The van der Waals surface area contributed by atoms with Gasteiger partial charge in [-0.05, 0) is 31.0 Å². The average Bonchev–Trinajstić information content (AvgIpc) is 3.19. The minimum atomic E-state index is -0.464. The molecular weight excluding hydrogens is 324 g/mol. The third-order valence-corrected chi connectivity index (χ3v) is 5.15. The van der Waals surface area contributed by atoms with Gasteiger partial charge in [0.25, 0.3) is 0 Å². The Labute approximate surface area is 146 Å². The lowest BCUT2D eigenvalue weighted by atomic mass is 9.94. The third kappa shape index (κ3) is 3.54. The molecule has 1 aromatic carbocycles. The Morgan fingerprint density at radius 1 is 1.46 bits per heavy atom. The fraction of sp³-hybridized carbons (Fsp3) is 0.556. The summed E-state index contributed by atoms with van der Waals surface area (Å²) in [5, 5.41) is 0.730. The zero-order valence-electron chi connectivity index (χ0n) is 14.7. The molecule has 24 heavy (non-hydrogen) atoms. The molecule has 1 fully saturated rings. The lowest BCUT2D eigenvalue weighted by Crippen LogP contribution is -2.43. The molecule has 5 nitrogen and oxygen atoms in total. The number of nitrogens with zero attached hydrogens (tertiary/aromatic N) is 2. The fourth-order valence-corrected chi connectivity index (χ4v) is 3.78. The van der Waals surface area contributed by atoms with Gasteiger partial charge in [-0.25, -0.2) is 4.98 Å². The van der Waals surface area contributed by atoms with E-state index in [4.69, 9.17) is 9.47 Å². The Kier molecular flexibility index (Phi) is 4.78. The number of methoxy groups -OCH3 is 1. The number of carbonyl (C=O) groups is 1. The van der Waals surface area contributed by atoms with Crippen LogP contribution in [0.2, 0.25) is 0 Å². The standard InChI is InChI=1S/C18H24N2O3S/c1-18(2,3)16(21)20(11-13-6-5-9-23-13)17-19-14-8-7-12(22-4)10-15(14)24-17/h7-8,10,13H,5-6,9,11H2,1-4H3. The number of amides is 1. The summed E-state index contributed by atoms with van der Waals surface area (Å²) < 4.78 is 12.0. The van der Waals surface area contributed by atoms with E-state index in [9.17, 15) is 4.79 Å². The number of ether oxygens (including phenoxy) is 2. The van der Waals surface area contributed by atoms with E-state index in [1.54, 1.807) is 12.0 Å². The van der Waals surface area contributed by atoms with Crippen LogP contribution in [0.5, 0.6) is 5.75 Å². The van der Waals surface area contributed by atoms with E-state index in [0.717, 1.165) is 40.5 Å². The topological polar surface area (TPSA) is 51.7 Å². The number of rotatable bonds is 4. The molecule has 0 N–H and O–H groups in total. The Balaban J connectivity index is 1.95. The van der Waals surface area contributed by atoms with Gasteiger partial charge in [-0.2, -0.15) is 0 Å². The smallest absolute Gasteiger partial charge is 0.234 e. The van der Waals surface area contributed by atoms with E-state index in [1.807, 2.05) is 39.0 Å². The summed E-state index contributed by atoms with van der Waals surface area (Å²) in [5.41, 5.74) is 0.420. The molecule has 1 aliphatic heterocycles. The molecule has 0 bridgehead atoms. The van der Waals surface area contributed by atoms with Crippen LogP contribution in [0.3, 0.4) is 0 Å². The molecule has 0 aliphatic carbocycles. The number of thiazole rings is 1. The lowest BCUT2D eigenvalue weighted by molar-refractivity contribution is -0.126. The van der Waals surface area contributed by atoms with Gasteiger partial charge in [0, 0.05) is 12.0 Å². The van der Waals surface area contributed by atoms with Crippen molar-refractivity contribution in [1.82, 2.24) is 4.98 Å². The molecule has 1 aliphatic rings. The Hall–Kier alpha value is -1.66. The summed E-state index contributed by atoms with van der Waals surface area (Å²) in [4.78, 5) is 19.4. The highest BCUT2D eigenvalue weighted by Crippen LogP contribution is 2.34. The van der Waals surface area contributed by atoms with Gasteiger partial charge in [0.15, 0.2) is 5.13 Å². The van der Waals surface area contributed by atoms with E-state index in [2.05, 4.69) is 4.98 Å². The molecule has 1 aromatic heterocycles. The van der Waals surface area contributed by atoms with Crippen LogP contribution in [0.1, 0.15) is 33.6 Å². The van der Waals surface area contributed by atoms with Crippen molar-refractivity contribution in [3.8, 4) is 5.75 Å². The van der Waals surface area contributed by atoms with Crippen molar-refractivity contribution < 1.29 is 14.3 Å². The first-order chi connectivity index (χ1) is 11.4. The summed E-state index contributed by atoms with van der Waals surface area (Å²) in [5.74, 6) is 0.870. The van der Waals surface area contributed by atoms with E-state index in [-0.39, 0.29) is 12.0 Å². The van der Waals surface area contributed by atoms with Crippen LogP contribution in [-0.2, 0) is 9.53 Å². The van der Waals surface area contributed by atoms with E-state index < -0.39 is 5.41 Å². The second kappa shape index (κ2) is 6.69. The van der Waals surface area contributed by atoms with E-state index >= 15 is 0 Å². The highest BCUT2D eigenvalue weighted by molar-refractivity contribution is 7.22. The minimum absolute atomic E-state index is 0.0732. The normalized spacial score (nSPS) is 18.1. The molecular formula is C18H24N2O3S. The van der Waals surface area contributed by atoms with Gasteiger partial charge in [0.1, 0.15) is 5.75 Å². The fourth-order valence-electron chi connectivity index (χ4n) is 2.78. The molecule has 1 saturated heterocycles. The van der Waals surface area contributed by atoms with Crippen molar-refractivity contribution in [2.75, 3.05) is 25.2 Å². The maximum atomic E-state index is 13.0. The summed E-state index contributed by atoms with van der Waals surface area (Å²) in [6.07, 6.45) is 2.14. The molecule has 1 amide bonds. The molecule has 130 valence electrons. The highest BCUT2D eigenvalue weighted by atomic mass is 32.1. The Bertz CT molecular complexity index is 729. The van der Waals surface area contributed by atoms with Crippen molar-refractivity contribution in [2.45, 2.75) is 39.7 Å². The summed E-state index contributed by atoms with van der Waals surface area (Å²) in [7, 11) is 1.65. The van der Waals surface area contributed by atoms with Gasteiger partial charge < -0.3 is 9.47 Å². The number of hydrogen-bond acceptors (Lipinski definition) is 5. The van der Waals surface area contributed by atoms with Crippen LogP contribution in [0, 0.1) is 5.41 Å². The quantitative estimate of drug-likeness (QED) is 0.842. The van der Waals surface area contributed by atoms with Gasteiger partial charge in [0.2, 0.25) is 5.91 Å². The molecule has 0 saturated carbocycles. The Morgan fingerprint density at radius 2 is 2.25 bits per heavy atom. The largest absolute Gasteiger partial charge is 0.497 e. The molecule has 3 rings (SSSR count). The number of hydrogen-bond donors (Lipinski definition) is 0. The zero-order chi connectivity index (χ0) is 17.3. The first-order valence-corrected chi connectivity index (χ1v) is 9.08. The number of benzene rings is 1. The van der Waals surface area contributed by atoms with Gasteiger partial charge in [-0.1, -0.05) is 32.1 Å². The molecule has 1 atom stereocenters. The molecule has 2 aromatic rings. The number of aromatic nitrogens is 1. The molecule has 1 unspecified atom stereocenters. The van der Waals surface area contributed by atoms with Crippen LogP contribution in [0.15, 0.2) is 18.2 Å². The predicted molar refractivity (Wildman–Crippen MR) is 97.0 cm³/mol. The minimum Gasteiger partial charge on any atom is -0.497 e. The lowest BCUT2D eigenvalue weighted by Gasteiger charge is -2.29. The average molecular weight is 348 g/mol. The SMILES string of the molecule is COc1ccc2nc(N(CC3CCCO3)C(=O)C(C)(C)C)sc2c1. The third-order valence-electron chi connectivity index (χ3n) is 4.11. The van der Waals surface area contributed by atoms with Crippen LogP contribution in [0.25, 0.3) is 10.2 Å². The molecule has 6 heteroatoms. The van der Waals surface area contributed by atoms with Gasteiger partial charge in [-0.3, -0.25) is 9.69 Å². The molecule has 0 radical (unpaired) electrons. The second-order valence-electron chi connectivity index (χ2n) is 7.13. The van der Waals surface area contributed by atoms with Gasteiger partial charge in [-0.15, -0.1) is 0 Å². The van der Waals surface area contributed by atoms with Gasteiger partial charge in [0.05, 0.1) is 30.0 Å². The monoisotopic (exact) mass is 348 g/mol. The van der Waals surface area contributed by atoms with Crippen LogP contribution in [0.4, 0.5) is 5.13 Å². The summed E-state index contributed by atoms with van der Waals surface area (Å²) >= 11 is 1.52. The second-order valence-corrected chi connectivity index (χ2v) is 8.14. The zero-order valence-corrected chi connectivity index (χ0v) is 15.5. The van der Waals surface area contributed by atoms with Crippen molar-refractivity contribution in [1.29, 1.82) is 0 Å². The number of fused-ring (bicyclic) bond motifs is 1. The number of anilines is 1. The Morgan fingerprint density at radius 3 is 2.88 bits per heavy atom. The van der Waals surface area contributed by atoms with Crippen molar-refractivity contribution >= 4 is 32.6 Å². The summed E-state index contributed by atoms with van der Waals surface area (Å²) in [6.45, 7) is 7.16. The van der Waals surface area contributed by atoms with E-state index in [1.165, 1.54) is 11.3 Å². The maximum Gasteiger partial charge on any atom is 0.234 e. The van der Waals surface area contributed by atoms with Crippen LogP contribution < -0.4 is 9.64 Å². The molecule has 2 heterocycles. The van der Waals surface area contributed by atoms with Crippen molar-refractivity contribution in [3.05, 3.63) is 18.2 Å². The predicted octanol–water partition coefficient (Wildman–Crippen LogP) is 3.86.